The lowest BCUT2D eigenvalue weighted by molar-refractivity contribution is -0.139. The summed E-state index contributed by atoms with van der Waals surface area (Å²) in [7, 11) is 0. The van der Waals surface area contributed by atoms with Gasteiger partial charge in [-0.15, -0.1) is 0 Å². The molecule has 6 heteroatoms. The van der Waals surface area contributed by atoms with Crippen LogP contribution in [0.3, 0.4) is 0 Å². The fourth-order valence-corrected chi connectivity index (χ4v) is 1.62. The van der Waals surface area contributed by atoms with E-state index in [0.717, 1.165) is 11.3 Å². The van der Waals surface area contributed by atoms with Gasteiger partial charge in [0.2, 0.25) is 0 Å². The quantitative estimate of drug-likeness (QED) is 0.495. The van der Waals surface area contributed by atoms with E-state index in [1.165, 1.54) is 0 Å². The average molecular weight is 305 g/mol. The fourth-order valence-electron chi connectivity index (χ4n) is 1.62. The Bertz CT molecular complexity index is 548. The first-order valence-corrected chi connectivity index (χ1v) is 7.21. The number of benzene rings is 1. The van der Waals surface area contributed by atoms with Crippen LogP contribution in [0.5, 0.6) is 5.75 Å². The van der Waals surface area contributed by atoms with Crippen molar-refractivity contribution in [2.75, 3.05) is 0 Å². The summed E-state index contributed by atoms with van der Waals surface area (Å²) in [6, 6.07) is 7.26. The Morgan fingerprint density at radius 1 is 1.05 bits per heavy atom. The smallest absolute Gasteiger partial charge is 0.329 e. The van der Waals surface area contributed by atoms with Gasteiger partial charge in [-0.05, 0) is 64.4 Å². The van der Waals surface area contributed by atoms with Gasteiger partial charge in [0.25, 0.3) is 0 Å². The van der Waals surface area contributed by atoms with Gasteiger partial charge in [-0.3, -0.25) is 9.59 Å². The van der Waals surface area contributed by atoms with Crippen molar-refractivity contribution in [2.45, 2.75) is 46.8 Å². The molecular formula is C16H23N3O3. The summed E-state index contributed by atoms with van der Waals surface area (Å²) >= 11 is 0. The van der Waals surface area contributed by atoms with Crippen molar-refractivity contribution in [3.8, 4) is 5.75 Å². The van der Waals surface area contributed by atoms with Crippen molar-refractivity contribution in [1.29, 1.82) is 0 Å². The highest BCUT2D eigenvalue weighted by atomic mass is 16.5. The van der Waals surface area contributed by atoms with Crippen molar-refractivity contribution in [3.05, 3.63) is 29.8 Å². The lowest BCUT2D eigenvalue weighted by Gasteiger charge is -2.10. The Balaban J connectivity index is 2.65. The number of hydrazone groups is 1. The molecule has 2 N–H and O–H groups in total. The van der Waals surface area contributed by atoms with Gasteiger partial charge in [-0.25, -0.2) is 5.43 Å². The first-order valence-electron chi connectivity index (χ1n) is 7.21. The molecular weight excluding hydrogens is 282 g/mol. The number of hydrogen-bond donors (Lipinski definition) is 2. The van der Waals surface area contributed by atoms with Crippen molar-refractivity contribution in [3.63, 3.8) is 0 Å². The molecule has 0 fully saturated rings. The molecule has 6 nitrogen and oxygen atoms in total. The van der Waals surface area contributed by atoms with E-state index in [-0.39, 0.29) is 12.1 Å². The zero-order valence-electron chi connectivity index (χ0n) is 13.6. The summed E-state index contributed by atoms with van der Waals surface area (Å²) in [5.74, 6) is -0.716. The minimum absolute atomic E-state index is 0.100. The molecule has 0 aliphatic carbocycles. The van der Waals surface area contributed by atoms with Crippen LogP contribution in [0.2, 0.25) is 0 Å². The first kappa shape index (κ1) is 17.7. The molecule has 1 aromatic rings. The number of rotatable bonds is 5. The topological polar surface area (TPSA) is 79.8 Å². The largest absolute Gasteiger partial charge is 0.491 e. The molecule has 2 amide bonds. The maximum atomic E-state index is 11.5. The monoisotopic (exact) mass is 305 g/mol. The fraction of sp³-hybridized carbons (Fsp3) is 0.438. The molecule has 1 rings (SSSR count). The molecule has 0 aliphatic heterocycles. The number of amides is 2. The number of nitrogens with one attached hydrogen (secondary N) is 2. The number of nitrogens with zero attached hydrogens (tertiary/aromatic N) is 1. The van der Waals surface area contributed by atoms with E-state index in [9.17, 15) is 9.59 Å². The molecule has 1 aromatic carbocycles. The second-order valence-corrected chi connectivity index (χ2v) is 5.46. The molecule has 0 aromatic heterocycles. The summed E-state index contributed by atoms with van der Waals surface area (Å²) in [5.41, 5.74) is 3.67. The third-order valence-electron chi connectivity index (χ3n) is 2.60. The molecule has 0 aliphatic rings. The normalized spacial score (nSPS) is 11.5. The van der Waals surface area contributed by atoms with Gasteiger partial charge in [-0.2, -0.15) is 5.10 Å². The molecule has 120 valence electrons. The predicted octanol–water partition coefficient (Wildman–Crippen LogP) is 1.84. The van der Waals surface area contributed by atoms with Crippen LogP contribution in [0.1, 0.15) is 40.2 Å². The highest BCUT2D eigenvalue weighted by Crippen LogP contribution is 2.14. The van der Waals surface area contributed by atoms with Crippen LogP contribution >= 0.6 is 0 Å². The molecule has 0 radical (unpaired) electrons. The van der Waals surface area contributed by atoms with E-state index in [0.29, 0.717) is 5.71 Å². The molecule has 0 bridgehead atoms. The third-order valence-corrected chi connectivity index (χ3v) is 2.60. The van der Waals surface area contributed by atoms with E-state index in [1.807, 2.05) is 38.1 Å². The SMILES string of the molecule is C/C(=N/NC(=O)C(=O)NC(C)C)c1ccc(OC(C)C)cc1. The van der Waals surface area contributed by atoms with E-state index in [1.54, 1.807) is 20.8 Å². The van der Waals surface area contributed by atoms with Crippen LogP contribution < -0.4 is 15.5 Å². The number of carbonyl (C=O) groups is 2. The Labute approximate surface area is 130 Å². The lowest BCUT2D eigenvalue weighted by atomic mass is 10.1. The summed E-state index contributed by atoms with van der Waals surface area (Å²) < 4.78 is 5.55. The van der Waals surface area contributed by atoms with Crippen LogP contribution in [-0.4, -0.2) is 29.7 Å². The molecule has 0 unspecified atom stereocenters. The summed E-state index contributed by atoms with van der Waals surface area (Å²) in [6.07, 6.45) is 0.111. The lowest BCUT2D eigenvalue weighted by Crippen LogP contribution is -2.41. The van der Waals surface area contributed by atoms with Crippen LogP contribution in [0.15, 0.2) is 29.4 Å². The third kappa shape index (κ3) is 5.95. The van der Waals surface area contributed by atoms with Crippen LogP contribution in [0, 0.1) is 0 Å². The van der Waals surface area contributed by atoms with Crippen LogP contribution in [0.4, 0.5) is 0 Å². The van der Waals surface area contributed by atoms with Gasteiger partial charge >= 0.3 is 11.8 Å². The van der Waals surface area contributed by atoms with Crippen molar-refractivity contribution in [1.82, 2.24) is 10.7 Å². The van der Waals surface area contributed by atoms with Crippen LogP contribution in [-0.2, 0) is 9.59 Å². The summed E-state index contributed by atoms with van der Waals surface area (Å²) in [5, 5.41) is 6.42. The van der Waals surface area contributed by atoms with Crippen molar-refractivity contribution >= 4 is 17.5 Å². The zero-order chi connectivity index (χ0) is 16.7. The van der Waals surface area contributed by atoms with Gasteiger partial charge in [0, 0.05) is 6.04 Å². The summed E-state index contributed by atoms with van der Waals surface area (Å²) in [4.78, 5) is 23.0. The average Bonchev–Trinajstić information content (AvgIpc) is 2.43. The standard InChI is InChI=1S/C16H23N3O3/c1-10(2)17-15(20)16(21)19-18-12(5)13-6-8-14(9-7-13)22-11(3)4/h6-11H,1-5H3,(H,17,20)(H,19,21)/b18-12-. The number of hydrogen-bond acceptors (Lipinski definition) is 4. The van der Waals surface area contributed by atoms with Gasteiger partial charge in [0.15, 0.2) is 0 Å². The number of ether oxygens (including phenoxy) is 1. The van der Waals surface area contributed by atoms with E-state index in [4.69, 9.17) is 4.74 Å². The van der Waals surface area contributed by atoms with Gasteiger partial charge in [-0.1, -0.05) is 0 Å². The van der Waals surface area contributed by atoms with E-state index in [2.05, 4.69) is 15.8 Å². The minimum atomic E-state index is -0.784. The van der Waals surface area contributed by atoms with Crippen molar-refractivity contribution < 1.29 is 14.3 Å². The first-order chi connectivity index (χ1) is 10.3. The number of carbonyl (C=O) groups excluding carboxylic acids is 2. The van der Waals surface area contributed by atoms with Gasteiger partial charge < -0.3 is 10.1 Å². The predicted molar refractivity (Wildman–Crippen MR) is 85.8 cm³/mol. The Morgan fingerprint density at radius 2 is 1.64 bits per heavy atom. The molecule has 22 heavy (non-hydrogen) atoms. The second kappa shape index (κ2) is 8.17. The van der Waals surface area contributed by atoms with E-state index >= 15 is 0 Å². The summed E-state index contributed by atoms with van der Waals surface area (Å²) in [6.45, 7) is 9.22. The zero-order valence-corrected chi connectivity index (χ0v) is 13.6. The maximum absolute atomic E-state index is 11.5. The minimum Gasteiger partial charge on any atom is -0.491 e. The molecule has 0 heterocycles. The molecule has 0 spiro atoms. The highest BCUT2D eigenvalue weighted by molar-refractivity contribution is 6.35. The van der Waals surface area contributed by atoms with E-state index < -0.39 is 11.8 Å². The maximum Gasteiger partial charge on any atom is 0.329 e. The van der Waals surface area contributed by atoms with Crippen molar-refractivity contribution in [2.24, 2.45) is 5.10 Å². The van der Waals surface area contributed by atoms with Gasteiger partial charge in [0.05, 0.1) is 11.8 Å². The Morgan fingerprint density at radius 3 is 2.14 bits per heavy atom. The van der Waals surface area contributed by atoms with Crippen LogP contribution in [0.25, 0.3) is 0 Å². The molecule has 0 saturated carbocycles. The molecule has 0 saturated heterocycles. The van der Waals surface area contributed by atoms with Gasteiger partial charge in [0.1, 0.15) is 5.75 Å². The molecule has 0 atom stereocenters. The second-order valence-electron chi connectivity index (χ2n) is 5.46. The Hall–Kier alpha value is -2.37. The highest BCUT2D eigenvalue weighted by Gasteiger charge is 2.13. The Kier molecular flexibility index (Phi) is 6.56.